The van der Waals surface area contributed by atoms with Crippen LogP contribution >= 0.6 is 11.6 Å². The minimum absolute atomic E-state index is 0.0247. The van der Waals surface area contributed by atoms with E-state index in [1.807, 2.05) is 0 Å². The summed E-state index contributed by atoms with van der Waals surface area (Å²) in [6.45, 7) is -5.20. The average Bonchev–Trinajstić information content (AvgIpc) is 2.50. The lowest BCUT2D eigenvalue weighted by molar-refractivity contribution is 0.174. The molecule has 0 amide bonds. The molecule has 1 aromatic rings. The molecule has 7 heteroatoms. The van der Waals surface area contributed by atoms with Crippen LogP contribution in [0.4, 0.5) is 12.9 Å². The molecule has 0 aromatic heterocycles. The van der Waals surface area contributed by atoms with Crippen molar-refractivity contribution in [3.05, 3.63) is 17.2 Å². The van der Waals surface area contributed by atoms with Crippen LogP contribution in [0.15, 0.2) is 12.1 Å². The van der Waals surface area contributed by atoms with E-state index < -0.39 is 17.5 Å². The van der Waals surface area contributed by atoms with E-state index in [-0.39, 0.29) is 18.3 Å². The second-order valence-corrected chi connectivity index (χ2v) is 3.16. The molecule has 76 valence electrons. The highest BCUT2D eigenvalue weighted by Gasteiger charge is 2.31. The summed E-state index contributed by atoms with van der Waals surface area (Å²) in [6, 6.07) is 2.11. The molecule has 1 heterocycles. The standard InChI is InChI=1S/C7H4BClF3O2/c9-6-4(8(10,11)12)1-2-5-7(6)14-3-13-5/h1-2H,3H2/q-1. The highest BCUT2D eigenvalue weighted by atomic mass is 35.5. The summed E-state index contributed by atoms with van der Waals surface area (Å²) in [4.78, 5) is 0. The molecule has 0 fully saturated rings. The van der Waals surface area contributed by atoms with Gasteiger partial charge in [0, 0.05) is 0 Å². The van der Waals surface area contributed by atoms with Gasteiger partial charge in [-0.05, 0) is 6.07 Å². The Morgan fingerprint density at radius 3 is 2.57 bits per heavy atom. The first-order valence-electron chi connectivity index (χ1n) is 3.78. The first kappa shape index (κ1) is 9.52. The van der Waals surface area contributed by atoms with Crippen molar-refractivity contribution in [2.24, 2.45) is 0 Å². The molecule has 0 N–H and O–H groups in total. The second kappa shape index (κ2) is 2.98. The summed E-state index contributed by atoms with van der Waals surface area (Å²) in [5.74, 6) is 0.224. The van der Waals surface area contributed by atoms with Crippen molar-refractivity contribution in [1.82, 2.24) is 0 Å². The largest absolute Gasteiger partial charge is 0.511 e. The first-order valence-corrected chi connectivity index (χ1v) is 4.16. The lowest BCUT2D eigenvalue weighted by Crippen LogP contribution is -2.34. The van der Waals surface area contributed by atoms with E-state index in [0.29, 0.717) is 0 Å². The molecule has 1 aromatic carbocycles. The molecule has 0 radical (unpaired) electrons. The van der Waals surface area contributed by atoms with Gasteiger partial charge in [0.25, 0.3) is 0 Å². The van der Waals surface area contributed by atoms with Gasteiger partial charge in [-0.3, -0.25) is 0 Å². The Hall–Kier alpha value is -1.04. The predicted octanol–water partition coefficient (Wildman–Crippen LogP) is 2.12. The van der Waals surface area contributed by atoms with Crippen molar-refractivity contribution in [3.8, 4) is 11.5 Å². The fourth-order valence-electron chi connectivity index (χ4n) is 1.21. The molecular weight excluding hydrogens is 219 g/mol. The number of hydrogen-bond acceptors (Lipinski definition) is 2. The van der Waals surface area contributed by atoms with Crippen molar-refractivity contribution in [2.75, 3.05) is 6.79 Å². The number of halogens is 4. The quantitative estimate of drug-likeness (QED) is 0.679. The summed E-state index contributed by atoms with van der Waals surface area (Å²) in [7, 11) is 0. The summed E-state index contributed by atoms with van der Waals surface area (Å²) >= 11 is 5.53. The third kappa shape index (κ3) is 1.39. The maximum absolute atomic E-state index is 12.4. The Morgan fingerprint density at radius 2 is 1.93 bits per heavy atom. The van der Waals surface area contributed by atoms with Crippen LogP contribution in [-0.2, 0) is 0 Å². The third-order valence-corrected chi connectivity index (χ3v) is 2.25. The van der Waals surface area contributed by atoms with Gasteiger partial charge < -0.3 is 22.4 Å². The van der Waals surface area contributed by atoms with Gasteiger partial charge in [-0.2, -0.15) is 0 Å². The van der Waals surface area contributed by atoms with E-state index in [0.717, 1.165) is 6.07 Å². The van der Waals surface area contributed by atoms with Crippen LogP contribution in [0.3, 0.4) is 0 Å². The van der Waals surface area contributed by atoms with Gasteiger partial charge in [-0.1, -0.05) is 23.1 Å². The van der Waals surface area contributed by atoms with Gasteiger partial charge in [0.1, 0.15) is 0 Å². The topological polar surface area (TPSA) is 18.5 Å². The zero-order valence-electron chi connectivity index (χ0n) is 6.77. The maximum atomic E-state index is 12.4. The summed E-state index contributed by atoms with van der Waals surface area (Å²) in [5.41, 5.74) is -0.851. The molecule has 0 aliphatic carbocycles. The van der Waals surface area contributed by atoms with Crippen LogP contribution in [0.25, 0.3) is 0 Å². The summed E-state index contributed by atoms with van der Waals surface area (Å²) in [5, 5.41) is -0.424. The van der Waals surface area contributed by atoms with Gasteiger partial charge in [-0.15, -0.1) is 0 Å². The molecule has 2 nitrogen and oxygen atoms in total. The third-order valence-electron chi connectivity index (χ3n) is 1.86. The van der Waals surface area contributed by atoms with Crippen LogP contribution in [0, 0.1) is 0 Å². The van der Waals surface area contributed by atoms with Gasteiger partial charge >= 0.3 is 6.98 Å². The van der Waals surface area contributed by atoms with Crippen molar-refractivity contribution >= 4 is 24.0 Å². The van der Waals surface area contributed by atoms with Gasteiger partial charge in [0.15, 0.2) is 11.5 Å². The maximum Gasteiger partial charge on any atom is 0.511 e. The van der Waals surface area contributed by atoms with E-state index in [4.69, 9.17) is 21.1 Å². The lowest BCUT2D eigenvalue weighted by Gasteiger charge is -2.17. The van der Waals surface area contributed by atoms with Crippen molar-refractivity contribution in [2.45, 2.75) is 0 Å². The second-order valence-electron chi connectivity index (χ2n) is 2.78. The fraction of sp³-hybridized carbons (Fsp3) is 0.143. The minimum atomic E-state index is -5.11. The van der Waals surface area contributed by atoms with Crippen LogP contribution in [-0.4, -0.2) is 13.8 Å². The van der Waals surface area contributed by atoms with Crippen molar-refractivity contribution in [1.29, 1.82) is 0 Å². The van der Waals surface area contributed by atoms with E-state index >= 15 is 0 Å². The molecule has 0 spiro atoms. The Bertz CT molecular complexity index is 380. The van der Waals surface area contributed by atoms with Crippen LogP contribution in [0.2, 0.25) is 5.02 Å². The Kier molecular flexibility index (Phi) is 2.03. The Balaban J connectivity index is 2.56. The number of benzene rings is 1. The number of fused-ring (bicyclic) bond motifs is 1. The molecular formula is C7H4BClF3O2-. The molecule has 2 rings (SSSR count). The van der Waals surface area contributed by atoms with Crippen molar-refractivity contribution < 1.29 is 22.4 Å². The molecule has 0 saturated heterocycles. The number of ether oxygens (including phenoxy) is 2. The fourth-order valence-corrected chi connectivity index (χ4v) is 1.54. The Labute approximate surface area is 82.6 Å². The molecule has 14 heavy (non-hydrogen) atoms. The zero-order valence-corrected chi connectivity index (χ0v) is 7.52. The van der Waals surface area contributed by atoms with Crippen LogP contribution < -0.4 is 14.9 Å². The van der Waals surface area contributed by atoms with Gasteiger partial charge in [-0.25, -0.2) is 0 Å². The van der Waals surface area contributed by atoms with E-state index in [1.54, 1.807) is 0 Å². The molecule has 0 unspecified atom stereocenters. The van der Waals surface area contributed by atoms with Gasteiger partial charge in [0.05, 0.1) is 5.02 Å². The first-order chi connectivity index (χ1) is 6.50. The monoisotopic (exact) mass is 223 g/mol. The SMILES string of the molecule is F[B-](F)(F)c1ccc2c(c1Cl)OCO2. The number of rotatable bonds is 1. The van der Waals surface area contributed by atoms with E-state index in [9.17, 15) is 12.9 Å². The molecule has 0 atom stereocenters. The molecule has 0 saturated carbocycles. The molecule has 0 bridgehead atoms. The van der Waals surface area contributed by atoms with E-state index in [1.165, 1.54) is 6.07 Å². The highest BCUT2D eigenvalue weighted by Crippen LogP contribution is 2.38. The van der Waals surface area contributed by atoms with Gasteiger partial charge in [0.2, 0.25) is 6.79 Å². The smallest absolute Gasteiger partial charge is 0.454 e. The average molecular weight is 223 g/mol. The normalized spacial score (nSPS) is 14.6. The highest BCUT2D eigenvalue weighted by molar-refractivity contribution is 6.76. The minimum Gasteiger partial charge on any atom is -0.454 e. The Morgan fingerprint density at radius 1 is 1.21 bits per heavy atom. The van der Waals surface area contributed by atoms with Crippen LogP contribution in [0.1, 0.15) is 0 Å². The van der Waals surface area contributed by atoms with Crippen molar-refractivity contribution in [3.63, 3.8) is 0 Å². The summed E-state index contributed by atoms with van der Waals surface area (Å²) < 4.78 is 46.9. The number of hydrogen-bond donors (Lipinski definition) is 0. The lowest BCUT2D eigenvalue weighted by atomic mass is 9.80. The van der Waals surface area contributed by atoms with Crippen LogP contribution in [0.5, 0.6) is 11.5 Å². The molecule has 1 aliphatic rings. The molecule has 1 aliphatic heterocycles. The predicted molar refractivity (Wildman–Crippen MR) is 46.3 cm³/mol. The van der Waals surface area contributed by atoms with E-state index in [2.05, 4.69) is 0 Å². The zero-order chi connectivity index (χ0) is 10.3. The summed E-state index contributed by atoms with van der Waals surface area (Å²) in [6.07, 6.45) is 0.